The molecule has 32 heavy (non-hydrogen) atoms. The molecule has 0 N–H and O–H groups in total. The number of amides is 1. The van der Waals surface area contributed by atoms with Crippen LogP contribution in [-0.4, -0.2) is 47.4 Å². The van der Waals surface area contributed by atoms with Crippen LogP contribution in [0.15, 0.2) is 59.1 Å². The average molecular weight is 440 g/mol. The van der Waals surface area contributed by atoms with Gasteiger partial charge in [-0.15, -0.1) is 0 Å². The zero-order valence-corrected chi connectivity index (χ0v) is 17.3. The Labute approximate surface area is 183 Å². The maximum Gasteiger partial charge on any atom is 0.292 e. The van der Waals surface area contributed by atoms with Gasteiger partial charge in [-0.1, -0.05) is 29.4 Å². The number of para-hydroxylation sites is 1. The maximum atomic E-state index is 13.9. The molecule has 1 amide bonds. The number of ether oxygens (including phenoxy) is 2. The fourth-order valence-corrected chi connectivity index (χ4v) is 4.47. The monoisotopic (exact) mass is 440 g/mol. The minimum atomic E-state index is -0.532. The maximum absolute atomic E-state index is 13.9. The topological polar surface area (TPSA) is 64.8 Å². The van der Waals surface area contributed by atoms with Gasteiger partial charge >= 0.3 is 0 Å². The van der Waals surface area contributed by atoms with Gasteiger partial charge in [0, 0.05) is 24.6 Å². The van der Waals surface area contributed by atoms with E-state index in [1.807, 2.05) is 0 Å². The number of benzene rings is 2. The second kappa shape index (κ2) is 8.35. The molecule has 3 heterocycles. The summed E-state index contributed by atoms with van der Waals surface area (Å²) in [5.74, 6) is -0.789. The molecule has 2 aliphatic rings. The lowest BCUT2D eigenvalue weighted by Gasteiger charge is -2.39. The summed E-state index contributed by atoms with van der Waals surface area (Å²) in [6.45, 7) is 1.29. The average Bonchev–Trinajstić information content (AvgIpc) is 3.43. The van der Waals surface area contributed by atoms with Crippen LogP contribution in [0.3, 0.4) is 0 Å². The normalized spacial score (nSPS) is 22.9. The van der Waals surface area contributed by atoms with E-state index in [2.05, 4.69) is 5.16 Å². The number of piperidine rings is 1. The summed E-state index contributed by atoms with van der Waals surface area (Å²) < 4.78 is 44.6. The van der Waals surface area contributed by atoms with Crippen LogP contribution in [0.2, 0.25) is 0 Å². The third-order valence-electron chi connectivity index (χ3n) is 5.97. The summed E-state index contributed by atoms with van der Waals surface area (Å²) in [6.07, 6.45) is 1.84. The van der Waals surface area contributed by atoms with E-state index < -0.39 is 11.4 Å². The van der Waals surface area contributed by atoms with Crippen LogP contribution in [0.4, 0.5) is 8.78 Å². The summed E-state index contributed by atoms with van der Waals surface area (Å²) in [4.78, 5) is 14.7. The summed E-state index contributed by atoms with van der Waals surface area (Å²) in [6, 6.07) is 13.8. The van der Waals surface area contributed by atoms with Crippen molar-refractivity contribution >= 4 is 5.91 Å². The van der Waals surface area contributed by atoms with E-state index in [9.17, 15) is 13.6 Å². The van der Waals surface area contributed by atoms with Crippen LogP contribution < -0.4 is 4.74 Å². The van der Waals surface area contributed by atoms with Crippen molar-refractivity contribution in [3.05, 3.63) is 72.0 Å². The van der Waals surface area contributed by atoms with E-state index in [-0.39, 0.29) is 29.3 Å². The third kappa shape index (κ3) is 4.10. The number of halogens is 2. The highest BCUT2D eigenvalue weighted by atomic mass is 19.1. The van der Waals surface area contributed by atoms with Gasteiger partial charge in [0.05, 0.1) is 18.8 Å². The van der Waals surface area contributed by atoms with E-state index >= 15 is 0 Å². The van der Waals surface area contributed by atoms with E-state index in [0.717, 1.165) is 12.8 Å². The van der Waals surface area contributed by atoms with Gasteiger partial charge in [0.25, 0.3) is 5.91 Å². The summed E-state index contributed by atoms with van der Waals surface area (Å²) in [7, 11) is 0. The van der Waals surface area contributed by atoms with Crippen molar-refractivity contribution in [2.24, 2.45) is 0 Å². The Morgan fingerprint density at radius 2 is 2.03 bits per heavy atom. The molecule has 2 aliphatic heterocycles. The fraction of sp³-hybridized carbons (Fsp3) is 0.333. The van der Waals surface area contributed by atoms with Crippen LogP contribution >= 0.6 is 0 Å². The Morgan fingerprint density at radius 1 is 1.16 bits per heavy atom. The largest absolute Gasteiger partial charge is 0.485 e. The Balaban J connectivity index is 1.26. The lowest BCUT2D eigenvalue weighted by Crippen LogP contribution is -2.50. The molecule has 2 fully saturated rings. The predicted molar refractivity (Wildman–Crippen MR) is 111 cm³/mol. The Morgan fingerprint density at radius 3 is 2.88 bits per heavy atom. The zero-order chi connectivity index (χ0) is 22.1. The predicted octanol–water partition coefficient (Wildman–Crippen LogP) is 4.46. The highest BCUT2D eigenvalue weighted by Gasteiger charge is 2.46. The van der Waals surface area contributed by atoms with Gasteiger partial charge in [-0.05, 0) is 37.1 Å². The number of aromatic nitrogens is 1. The molecule has 3 aromatic rings. The molecule has 5 rings (SSSR count). The highest BCUT2D eigenvalue weighted by Crippen LogP contribution is 2.37. The first-order chi connectivity index (χ1) is 15.5. The fourth-order valence-electron chi connectivity index (χ4n) is 4.47. The van der Waals surface area contributed by atoms with Gasteiger partial charge in [-0.2, -0.15) is 0 Å². The first kappa shape index (κ1) is 20.6. The van der Waals surface area contributed by atoms with Gasteiger partial charge in [0.1, 0.15) is 17.6 Å². The standard InChI is InChI=1S/C24H22F2N2O4/c25-17-6-3-5-16(11-17)20-12-22(32-27-20)23(29)28-10-4-9-24(15-28)13-18(14-30-24)31-21-8-2-1-7-19(21)26/h1-3,5-8,11-12,18H,4,9-10,13-15H2/t18-,24-/m1/s1. The summed E-state index contributed by atoms with van der Waals surface area (Å²) >= 11 is 0. The quantitative estimate of drug-likeness (QED) is 0.599. The molecular formula is C24H22F2N2O4. The van der Waals surface area contributed by atoms with Gasteiger partial charge in [-0.3, -0.25) is 4.79 Å². The zero-order valence-electron chi connectivity index (χ0n) is 17.3. The van der Waals surface area contributed by atoms with Gasteiger partial charge < -0.3 is 18.9 Å². The van der Waals surface area contributed by atoms with Gasteiger partial charge in [0.15, 0.2) is 11.6 Å². The number of likely N-dealkylation sites (tertiary alicyclic amines) is 1. The number of hydrogen-bond acceptors (Lipinski definition) is 5. The lowest BCUT2D eigenvalue weighted by molar-refractivity contribution is -0.0460. The molecule has 8 heteroatoms. The second-order valence-corrected chi connectivity index (χ2v) is 8.29. The van der Waals surface area contributed by atoms with E-state index in [4.69, 9.17) is 14.0 Å². The second-order valence-electron chi connectivity index (χ2n) is 8.29. The molecule has 6 nitrogen and oxygen atoms in total. The number of nitrogens with zero attached hydrogens (tertiary/aromatic N) is 2. The Kier molecular flexibility index (Phi) is 5.38. The molecule has 0 saturated carbocycles. The van der Waals surface area contributed by atoms with Crippen LogP contribution in [0.25, 0.3) is 11.3 Å². The molecule has 1 spiro atoms. The van der Waals surface area contributed by atoms with Crippen molar-refractivity contribution in [2.75, 3.05) is 19.7 Å². The number of carbonyl (C=O) groups is 1. The minimum Gasteiger partial charge on any atom is -0.485 e. The Bertz CT molecular complexity index is 1130. The summed E-state index contributed by atoms with van der Waals surface area (Å²) in [5.41, 5.74) is 0.403. The molecule has 0 unspecified atom stereocenters. The van der Waals surface area contributed by atoms with Crippen LogP contribution in [-0.2, 0) is 4.74 Å². The Hall–Kier alpha value is -3.26. The van der Waals surface area contributed by atoms with Gasteiger partial charge in [0.2, 0.25) is 5.76 Å². The SMILES string of the molecule is O=C(c1cc(-c2cccc(F)c2)no1)N1CCC[C@@]2(C[C@@H](Oc3ccccc3F)CO2)C1. The van der Waals surface area contributed by atoms with Crippen molar-refractivity contribution < 1.29 is 27.6 Å². The molecule has 0 aliphatic carbocycles. The van der Waals surface area contributed by atoms with Crippen LogP contribution in [0, 0.1) is 11.6 Å². The molecule has 0 radical (unpaired) electrons. The smallest absolute Gasteiger partial charge is 0.292 e. The van der Waals surface area contributed by atoms with Crippen molar-refractivity contribution in [2.45, 2.75) is 31.0 Å². The van der Waals surface area contributed by atoms with Crippen molar-refractivity contribution in [1.82, 2.24) is 10.1 Å². The molecule has 0 bridgehead atoms. The van der Waals surface area contributed by atoms with E-state index in [1.165, 1.54) is 24.3 Å². The first-order valence-corrected chi connectivity index (χ1v) is 10.6. The lowest BCUT2D eigenvalue weighted by atomic mass is 9.89. The highest BCUT2D eigenvalue weighted by molar-refractivity contribution is 5.92. The number of rotatable bonds is 4. The molecule has 2 atom stereocenters. The van der Waals surface area contributed by atoms with Crippen LogP contribution in [0.5, 0.6) is 5.75 Å². The van der Waals surface area contributed by atoms with Crippen molar-refractivity contribution in [1.29, 1.82) is 0 Å². The third-order valence-corrected chi connectivity index (χ3v) is 5.97. The minimum absolute atomic E-state index is 0.0958. The molecular weight excluding hydrogens is 418 g/mol. The first-order valence-electron chi connectivity index (χ1n) is 10.6. The van der Waals surface area contributed by atoms with Crippen LogP contribution in [0.1, 0.15) is 29.8 Å². The van der Waals surface area contributed by atoms with Crippen molar-refractivity contribution in [3.63, 3.8) is 0 Å². The molecule has 2 aromatic carbocycles. The van der Waals surface area contributed by atoms with E-state index in [1.54, 1.807) is 35.2 Å². The number of carbonyl (C=O) groups excluding carboxylic acids is 1. The van der Waals surface area contributed by atoms with Crippen molar-refractivity contribution in [3.8, 4) is 17.0 Å². The van der Waals surface area contributed by atoms with E-state index in [0.29, 0.717) is 37.4 Å². The molecule has 2 saturated heterocycles. The molecule has 166 valence electrons. The van der Waals surface area contributed by atoms with Gasteiger partial charge in [-0.25, -0.2) is 8.78 Å². The summed E-state index contributed by atoms with van der Waals surface area (Å²) in [5, 5.41) is 3.92. The molecule has 1 aromatic heterocycles. The number of hydrogen-bond donors (Lipinski definition) is 0.